The standard InChI is InChI=1S/C26H25ClN2O3/c1-31-25(30)14-6-3-9-17-32-20-15-16-23-24(18-20)29(19-10-4-2-5-11-19)26(28-23)21-12-7-8-13-22(21)27/h2,4-5,7-8,10-13,15-16,18H,3,6,9,14,17H2,1H3. The molecule has 1 aromatic heterocycles. The minimum absolute atomic E-state index is 0.167. The number of carbonyl (C=O) groups is 1. The molecule has 0 N–H and O–H groups in total. The van der Waals surface area contributed by atoms with Crippen molar-refractivity contribution < 1.29 is 14.3 Å². The highest BCUT2D eigenvalue weighted by Gasteiger charge is 2.17. The largest absolute Gasteiger partial charge is 0.494 e. The predicted molar refractivity (Wildman–Crippen MR) is 127 cm³/mol. The number of unbranched alkanes of at least 4 members (excludes halogenated alkanes) is 2. The molecule has 164 valence electrons. The molecular formula is C26H25ClN2O3. The SMILES string of the molecule is COC(=O)CCCCCOc1ccc2nc(-c3ccccc3Cl)n(-c3ccccc3)c2c1. The number of benzene rings is 3. The third-order valence-corrected chi connectivity index (χ3v) is 5.61. The van der Waals surface area contributed by atoms with Gasteiger partial charge in [-0.2, -0.15) is 0 Å². The summed E-state index contributed by atoms with van der Waals surface area (Å²) in [5.74, 6) is 1.41. The van der Waals surface area contributed by atoms with E-state index in [2.05, 4.69) is 21.4 Å². The topological polar surface area (TPSA) is 53.4 Å². The van der Waals surface area contributed by atoms with E-state index in [1.807, 2.05) is 60.7 Å². The van der Waals surface area contributed by atoms with Gasteiger partial charge in [0, 0.05) is 23.7 Å². The second-order valence-corrected chi connectivity index (χ2v) is 7.88. The molecule has 4 aromatic rings. The molecular weight excluding hydrogens is 424 g/mol. The predicted octanol–water partition coefficient (Wildman–Crippen LogP) is 6.46. The number of halogens is 1. The summed E-state index contributed by atoms with van der Waals surface area (Å²) in [5, 5.41) is 0.656. The van der Waals surface area contributed by atoms with Gasteiger partial charge >= 0.3 is 5.97 Å². The Morgan fingerprint density at radius 2 is 1.75 bits per heavy atom. The van der Waals surface area contributed by atoms with E-state index in [0.717, 1.165) is 53.1 Å². The summed E-state index contributed by atoms with van der Waals surface area (Å²) in [4.78, 5) is 16.1. The lowest BCUT2D eigenvalue weighted by Gasteiger charge is -2.11. The van der Waals surface area contributed by atoms with Gasteiger partial charge in [0.1, 0.15) is 11.6 Å². The van der Waals surface area contributed by atoms with E-state index in [-0.39, 0.29) is 5.97 Å². The summed E-state index contributed by atoms with van der Waals surface area (Å²) in [6.07, 6.45) is 3.04. The van der Waals surface area contributed by atoms with Gasteiger partial charge in [-0.1, -0.05) is 41.9 Å². The van der Waals surface area contributed by atoms with Gasteiger partial charge in [0.05, 0.1) is 29.8 Å². The first kappa shape index (κ1) is 21.9. The highest BCUT2D eigenvalue weighted by Crippen LogP contribution is 2.34. The average Bonchev–Trinajstić information content (AvgIpc) is 3.20. The number of hydrogen-bond acceptors (Lipinski definition) is 4. The molecule has 0 amide bonds. The Morgan fingerprint density at radius 3 is 2.53 bits per heavy atom. The summed E-state index contributed by atoms with van der Waals surface area (Å²) in [6, 6.07) is 23.8. The normalized spacial score (nSPS) is 10.9. The molecule has 32 heavy (non-hydrogen) atoms. The molecule has 3 aromatic carbocycles. The molecule has 0 fully saturated rings. The molecule has 5 nitrogen and oxygen atoms in total. The molecule has 0 saturated heterocycles. The first-order valence-electron chi connectivity index (χ1n) is 10.7. The number of aromatic nitrogens is 2. The van der Waals surface area contributed by atoms with Crippen molar-refractivity contribution in [2.24, 2.45) is 0 Å². The van der Waals surface area contributed by atoms with Crippen molar-refractivity contribution in [3.63, 3.8) is 0 Å². The molecule has 0 aliphatic heterocycles. The van der Waals surface area contributed by atoms with Crippen LogP contribution in [0.4, 0.5) is 0 Å². The van der Waals surface area contributed by atoms with Crippen LogP contribution < -0.4 is 4.74 Å². The molecule has 0 saturated carbocycles. The smallest absolute Gasteiger partial charge is 0.305 e. The van der Waals surface area contributed by atoms with Crippen LogP contribution in [0.3, 0.4) is 0 Å². The van der Waals surface area contributed by atoms with E-state index >= 15 is 0 Å². The van der Waals surface area contributed by atoms with E-state index < -0.39 is 0 Å². The van der Waals surface area contributed by atoms with Crippen LogP contribution in [0, 0.1) is 0 Å². The molecule has 4 rings (SSSR count). The maximum absolute atomic E-state index is 11.2. The van der Waals surface area contributed by atoms with Crippen LogP contribution in [0.2, 0.25) is 5.02 Å². The second kappa shape index (κ2) is 10.3. The van der Waals surface area contributed by atoms with Crippen molar-refractivity contribution >= 4 is 28.6 Å². The molecule has 0 atom stereocenters. The third kappa shape index (κ3) is 4.94. The number of esters is 1. The first-order chi connectivity index (χ1) is 15.7. The van der Waals surface area contributed by atoms with Gasteiger partial charge in [0.2, 0.25) is 0 Å². The molecule has 6 heteroatoms. The highest BCUT2D eigenvalue weighted by molar-refractivity contribution is 6.33. The minimum Gasteiger partial charge on any atom is -0.494 e. The fourth-order valence-electron chi connectivity index (χ4n) is 3.65. The number of ether oxygens (including phenoxy) is 2. The average molecular weight is 449 g/mol. The maximum atomic E-state index is 11.2. The Labute approximate surface area is 192 Å². The van der Waals surface area contributed by atoms with Crippen LogP contribution in [-0.4, -0.2) is 29.2 Å². The molecule has 0 bridgehead atoms. The number of rotatable bonds is 9. The van der Waals surface area contributed by atoms with Crippen molar-refractivity contribution in [3.05, 3.63) is 77.8 Å². The lowest BCUT2D eigenvalue weighted by atomic mass is 10.2. The fourth-order valence-corrected chi connectivity index (χ4v) is 3.87. The zero-order valence-corrected chi connectivity index (χ0v) is 18.7. The van der Waals surface area contributed by atoms with E-state index in [1.165, 1.54) is 7.11 Å². The Hall–Kier alpha value is -3.31. The van der Waals surface area contributed by atoms with Crippen LogP contribution in [-0.2, 0) is 9.53 Å². The molecule has 0 aliphatic rings. The van der Waals surface area contributed by atoms with Crippen molar-refractivity contribution in [1.82, 2.24) is 9.55 Å². The minimum atomic E-state index is -0.167. The van der Waals surface area contributed by atoms with Crippen LogP contribution in [0.5, 0.6) is 5.75 Å². The van der Waals surface area contributed by atoms with Crippen molar-refractivity contribution in [2.45, 2.75) is 25.7 Å². The summed E-state index contributed by atoms with van der Waals surface area (Å²) in [5.41, 5.74) is 3.70. The van der Waals surface area contributed by atoms with E-state index in [9.17, 15) is 4.79 Å². The second-order valence-electron chi connectivity index (χ2n) is 7.47. The number of imidazole rings is 1. The van der Waals surface area contributed by atoms with Crippen molar-refractivity contribution in [2.75, 3.05) is 13.7 Å². The maximum Gasteiger partial charge on any atom is 0.305 e. The van der Waals surface area contributed by atoms with Gasteiger partial charge in [-0.3, -0.25) is 9.36 Å². The van der Waals surface area contributed by atoms with E-state index in [1.54, 1.807) is 0 Å². The van der Waals surface area contributed by atoms with Gasteiger partial charge in [-0.05, 0) is 55.7 Å². The van der Waals surface area contributed by atoms with Gasteiger partial charge in [0.25, 0.3) is 0 Å². The summed E-state index contributed by atoms with van der Waals surface area (Å²) >= 11 is 6.51. The zero-order valence-electron chi connectivity index (χ0n) is 18.0. The van der Waals surface area contributed by atoms with Crippen LogP contribution in [0.1, 0.15) is 25.7 Å². The number of carbonyl (C=O) groups excluding carboxylic acids is 1. The zero-order chi connectivity index (χ0) is 22.3. The van der Waals surface area contributed by atoms with Crippen LogP contribution >= 0.6 is 11.6 Å². The van der Waals surface area contributed by atoms with E-state index in [4.69, 9.17) is 21.3 Å². The van der Waals surface area contributed by atoms with Crippen LogP contribution in [0.15, 0.2) is 72.8 Å². The number of hydrogen-bond donors (Lipinski definition) is 0. The number of methoxy groups -OCH3 is 1. The van der Waals surface area contributed by atoms with E-state index in [0.29, 0.717) is 18.1 Å². The molecule has 0 unspecified atom stereocenters. The molecule has 0 aliphatic carbocycles. The summed E-state index contributed by atoms with van der Waals surface area (Å²) in [7, 11) is 1.42. The summed E-state index contributed by atoms with van der Waals surface area (Å²) in [6.45, 7) is 0.587. The van der Waals surface area contributed by atoms with Crippen LogP contribution in [0.25, 0.3) is 28.1 Å². The van der Waals surface area contributed by atoms with Gasteiger partial charge in [-0.25, -0.2) is 4.98 Å². The Morgan fingerprint density at radius 1 is 0.969 bits per heavy atom. The number of fused-ring (bicyclic) bond motifs is 1. The fraction of sp³-hybridized carbons (Fsp3) is 0.231. The molecule has 0 spiro atoms. The lowest BCUT2D eigenvalue weighted by Crippen LogP contribution is -2.01. The Bertz CT molecular complexity index is 1200. The lowest BCUT2D eigenvalue weighted by molar-refractivity contribution is -0.140. The molecule has 0 radical (unpaired) electrons. The highest BCUT2D eigenvalue weighted by atomic mass is 35.5. The van der Waals surface area contributed by atoms with Gasteiger partial charge < -0.3 is 9.47 Å². The Kier molecular flexibility index (Phi) is 7.07. The quantitative estimate of drug-likeness (QED) is 0.218. The third-order valence-electron chi connectivity index (χ3n) is 5.28. The number of para-hydroxylation sites is 1. The van der Waals surface area contributed by atoms with Gasteiger partial charge in [-0.15, -0.1) is 0 Å². The Balaban J connectivity index is 1.60. The summed E-state index contributed by atoms with van der Waals surface area (Å²) < 4.78 is 12.8. The molecule has 1 heterocycles. The van der Waals surface area contributed by atoms with Crippen molar-refractivity contribution in [1.29, 1.82) is 0 Å². The van der Waals surface area contributed by atoms with Gasteiger partial charge in [0.15, 0.2) is 0 Å². The van der Waals surface area contributed by atoms with Crippen molar-refractivity contribution in [3.8, 4) is 22.8 Å². The monoisotopic (exact) mass is 448 g/mol. The number of nitrogens with zero attached hydrogens (tertiary/aromatic N) is 2. The first-order valence-corrected chi connectivity index (χ1v) is 11.1.